The SMILES string of the molecule is CCCCCCOc1ccc(Br)cc1-c1nc(SC)[nH]c(=O)c1C#N. The monoisotopic (exact) mass is 421 g/mol. The lowest BCUT2D eigenvalue weighted by atomic mass is 10.1. The molecule has 1 heterocycles. The number of ether oxygens (including phenoxy) is 1. The number of halogens is 1. The van der Waals surface area contributed by atoms with Gasteiger partial charge in [-0.15, -0.1) is 0 Å². The maximum absolute atomic E-state index is 12.2. The summed E-state index contributed by atoms with van der Waals surface area (Å²) >= 11 is 4.76. The fourth-order valence-electron chi connectivity index (χ4n) is 2.37. The number of aromatic nitrogens is 2. The summed E-state index contributed by atoms with van der Waals surface area (Å²) in [5.74, 6) is 0.626. The van der Waals surface area contributed by atoms with Gasteiger partial charge in [-0.1, -0.05) is 53.9 Å². The van der Waals surface area contributed by atoms with Gasteiger partial charge >= 0.3 is 0 Å². The molecule has 0 atom stereocenters. The molecule has 0 saturated carbocycles. The number of rotatable bonds is 8. The minimum absolute atomic E-state index is 0.00765. The van der Waals surface area contributed by atoms with E-state index in [1.54, 1.807) is 0 Å². The van der Waals surface area contributed by atoms with Crippen molar-refractivity contribution in [2.45, 2.75) is 37.8 Å². The van der Waals surface area contributed by atoms with Gasteiger partial charge in [0.05, 0.1) is 6.61 Å². The van der Waals surface area contributed by atoms with Crippen LogP contribution in [0.15, 0.2) is 32.6 Å². The van der Waals surface area contributed by atoms with Gasteiger partial charge in [-0.3, -0.25) is 4.79 Å². The van der Waals surface area contributed by atoms with Crippen LogP contribution in [0.3, 0.4) is 0 Å². The molecule has 2 aromatic rings. The Labute approximate surface area is 160 Å². The molecule has 0 radical (unpaired) electrons. The lowest BCUT2D eigenvalue weighted by Gasteiger charge is -2.13. The molecule has 0 spiro atoms. The van der Waals surface area contributed by atoms with Gasteiger partial charge in [-0.2, -0.15) is 5.26 Å². The summed E-state index contributed by atoms with van der Waals surface area (Å²) in [6.07, 6.45) is 6.25. The standard InChI is InChI=1S/C18H20BrN3O2S/c1-3-4-5-6-9-24-15-8-7-12(19)10-13(15)16-14(11-20)17(23)22-18(21-16)25-2/h7-8,10H,3-6,9H2,1-2H3,(H,21,22,23). The molecule has 2 rings (SSSR count). The van der Waals surface area contributed by atoms with E-state index in [-0.39, 0.29) is 5.56 Å². The third-order valence-corrected chi connectivity index (χ3v) is 4.73. The summed E-state index contributed by atoms with van der Waals surface area (Å²) in [4.78, 5) is 19.2. The van der Waals surface area contributed by atoms with Crippen LogP contribution in [0.4, 0.5) is 0 Å². The molecule has 1 aromatic heterocycles. The molecular weight excluding hydrogens is 402 g/mol. The molecule has 0 fully saturated rings. The van der Waals surface area contributed by atoms with Crippen LogP contribution in [0.1, 0.15) is 38.2 Å². The molecule has 1 N–H and O–H groups in total. The second kappa shape index (κ2) is 9.64. The van der Waals surface area contributed by atoms with Gasteiger partial charge in [0.2, 0.25) is 0 Å². The zero-order chi connectivity index (χ0) is 18.2. The van der Waals surface area contributed by atoms with E-state index in [9.17, 15) is 10.1 Å². The Kier molecular flexibility index (Phi) is 7.53. The van der Waals surface area contributed by atoms with Crippen molar-refractivity contribution in [1.29, 1.82) is 5.26 Å². The van der Waals surface area contributed by atoms with E-state index >= 15 is 0 Å². The van der Waals surface area contributed by atoms with Crippen LogP contribution in [0.2, 0.25) is 0 Å². The fraction of sp³-hybridized carbons (Fsp3) is 0.389. The van der Waals surface area contributed by atoms with Crippen LogP contribution in [0.25, 0.3) is 11.3 Å². The quantitative estimate of drug-likeness (QED) is 0.377. The molecule has 0 aliphatic carbocycles. The van der Waals surface area contributed by atoms with Crippen molar-refractivity contribution in [3.05, 3.63) is 38.6 Å². The van der Waals surface area contributed by atoms with Crippen molar-refractivity contribution < 1.29 is 4.74 Å². The van der Waals surface area contributed by atoms with Crippen molar-refractivity contribution in [3.8, 4) is 23.1 Å². The average molecular weight is 422 g/mol. The summed E-state index contributed by atoms with van der Waals surface area (Å²) < 4.78 is 6.75. The van der Waals surface area contributed by atoms with Crippen molar-refractivity contribution in [3.63, 3.8) is 0 Å². The zero-order valence-corrected chi connectivity index (χ0v) is 16.7. The first kappa shape index (κ1) is 19.5. The Morgan fingerprint density at radius 2 is 2.16 bits per heavy atom. The van der Waals surface area contributed by atoms with Gasteiger partial charge in [-0.25, -0.2) is 4.98 Å². The smallest absolute Gasteiger partial charge is 0.270 e. The molecule has 0 aliphatic rings. The molecule has 7 heteroatoms. The molecule has 0 saturated heterocycles. The Balaban J connectivity index is 2.41. The number of hydrogen-bond acceptors (Lipinski definition) is 5. The molecule has 25 heavy (non-hydrogen) atoms. The highest BCUT2D eigenvalue weighted by molar-refractivity contribution is 9.10. The highest BCUT2D eigenvalue weighted by Gasteiger charge is 2.17. The molecular formula is C18H20BrN3O2S. The largest absolute Gasteiger partial charge is 0.493 e. The number of hydrogen-bond donors (Lipinski definition) is 1. The Hall–Kier alpha value is -1.78. The van der Waals surface area contributed by atoms with Gasteiger partial charge in [0.25, 0.3) is 5.56 Å². The Morgan fingerprint density at radius 3 is 2.84 bits per heavy atom. The molecule has 0 amide bonds. The van der Waals surface area contributed by atoms with Gasteiger partial charge in [0, 0.05) is 10.0 Å². The third kappa shape index (κ3) is 5.10. The van der Waals surface area contributed by atoms with Crippen molar-refractivity contribution in [2.24, 2.45) is 0 Å². The molecule has 0 unspecified atom stereocenters. The first-order chi connectivity index (χ1) is 12.1. The van der Waals surface area contributed by atoms with Crippen LogP contribution in [0.5, 0.6) is 5.75 Å². The second-order valence-corrected chi connectivity index (χ2v) is 7.17. The number of benzene rings is 1. The maximum Gasteiger partial charge on any atom is 0.270 e. The van der Waals surface area contributed by atoms with E-state index in [1.807, 2.05) is 30.5 Å². The highest BCUT2D eigenvalue weighted by atomic mass is 79.9. The maximum atomic E-state index is 12.2. The van der Waals surface area contributed by atoms with Crippen LogP contribution < -0.4 is 10.3 Å². The zero-order valence-electron chi connectivity index (χ0n) is 14.3. The first-order valence-electron chi connectivity index (χ1n) is 8.11. The Bertz CT molecular complexity index is 830. The van der Waals surface area contributed by atoms with E-state index in [2.05, 4.69) is 32.8 Å². The van der Waals surface area contributed by atoms with Gasteiger partial charge in [-0.05, 0) is 30.9 Å². The van der Waals surface area contributed by atoms with Crippen LogP contribution in [-0.4, -0.2) is 22.8 Å². The normalized spacial score (nSPS) is 10.5. The number of nitrogens with one attached hydrogen (secondary N) is 1. The summed E-state index contributed by atoms with van der Waals surface area (Å²) in [5, 5.41) is 9.85. The van der Waals surface area contributed by atoms with Crippen LogP contribution in [0, 0.1) is 11.3 Å². The average Bonchev–Trinajstić information content (AvgIpc) is 2.61. The van der Waals surface area contributed by atoms with Crippen molar-refractivity contribution in [2.75, 3.05) is 12.9 Å². The van der Waals surface area contributed by atoms with E-state index in [0.29, 0.717) is 28.8 Å². The van der Waals surface area contributed by atoms with Gasteiger partial charge in [0.15, 0.2) is 5.16 Å². The summed E-state index contributed by atoms with van der Waals surface area (Å²) in [6.45, 7) is 2.76. The van der Waals surface area contributed by atoms with Gasteiger partial charge < -0.3 is 9.72 Å². The molecule has 5 nitrogen and oxygen atoms in total. The number of aromatic amines is 1. The number of nitrogens with zero attached hydrogens (tertiary/aromatic N) is 2. The summed E-state index contributed by atoms with van der Waals surface area (Å²) in [5.41, 5.74) is 0.542. The summed E-state index contributed by atoms with van der Waals surface area (Å²) in [6, 6.07) is 7.50. The van der Waals surface area contributed by atoms with Crippen LogP contribution >= 0.6 is 27.7 Å². The number of thioether (sulfide) groups is 1. The highest BCUT2D eigenvalue weighted by Crippen LogP contribution is 2.33. The first-order valence-corrected chi connectivity index (χ1v) is 10.1. The van der Waals surface area contributed by atoms with Crippen molar-refractivity contribution in [1.82, 2.24) is 9.97 Å². The molecule has 0 aliphatic heterocycles. The lowest BCUT2D eigenvalue weighted by molar-refractivity contribution is 0.306. The third-order valence-electron chi connectivity index (χ3n) is 3.66. The predicted octanol–water partition coefficient (Wildman–Crippen LogP) is 4.75. The number of nitriles is 1. The lowest BCUT2D eigenvalue weighted by Crippen LogP contribution is -2.15. The minimum atomic E-state index is -0.439. The predicted molar refractivity (Wildman–Crippen MR) is 104 cm³/mol. The summed E-state index contributed by atoms with van der Waals surface area (Å²) in [7, 11) is 0. The van der Waals surface area contributed by atoms with Crippen molar-refractivity contribution >= 4 is 27.7 Å². The van der Waals surface area contributed by atoms with Crippen LogP contribution in [-0.2, 0) is 0 Å². The second-order valence-electron chi connectivity index (χ2n) is 5.46. The van der Waals surface area contributed by atoms with E-state index in [1.165, 1.54) is 24.6 Å². The number of H-pyrrole nitrogens is 1. The van der Waals surface area contributed by atoms with Gasteiger partial charge in [0.1, 0.15) is 23.1 Å². The topological polar surface area (TPSA) is 78.8 Å². The van der Waals surface area contributed by atoms with E-state index < -0.39 is 5.56 Å². The Morgan fingerprint density at radius 1 is 1.36 bits per heavy atom. The fourth-order valence-corrected chi connectivity index (χ4v) is 3.11. The number of unbranched alkanes of at least 4 members (excludes halogenated alkanes) is 3. The van der Waals surface area contributed by atoms with E-state index in [4.69, 9.17) is 4.74 Å². The molecule has 1 aromatic carbocycles. The molecule has 132 valence electrons. The molecule has 0 bridgehead atoms. The minimum Gasteiger partial charge on any atom is -0.493 e. The van der Waals surface area contributed by atoms with E-state index in [0.717, 1.165) is 17.3 Å².